The van der Waals surface area contributed by atoms with Gasteiger partial charge in [0.15, 0.2) is 5.76 Å². The van der Waals surface area contributed by atoms with Gasteiger partial charge in [-0.25, -0.2) is 4.79 Å². The van der Waals surface area contributed by atoms with Crippen LogP contribution in [0, 0.1) is 0 Å². The summed E-state index contributed by atoms with van der Waals surface area (Å²) in [6, 6.07) is 9.21. The summed E-state index contributed by atoms with van der Waals surface area (Å²) in [5, 5.41) is 9.41. The van der Waals surface area contributed by atoms with E-state index in [0.29, 0.717) is 25.5 Å². The Bertz CT molecular complexity index is 610. The number of nitrogens with one attached hydrogen (secondary N) is 2. The van der Waals surface area contributed by atoms with Crippen LogP contribution in [-0.2, 0) is 19.5 Å². The Morgan fingerprint density at radius 2 is 2.00 bits per heavy atom. The van der Waals surface area contributed by atoms with Gasteiger partial charge in [-0.3, -0.25) is 0 Å². The number of nitrogens with zero attached hydrogens (tertiary/aromatic N) is 1. The predicted molar refractivity (Wildman–Crippen MR) is 82.6 cm³/mol. The van der Waals surface area contributed by atoms with Crippen LogP contribution < -0.4 is 15.4 Å². The van der Waals surface area contributed by atoms with Crippen LogP contribution in [0.25, 0.3) is 0 Å². The fourth-order valence-electron chi connectivity index (χ4n) is 1.96. The molecule has 0 radical (unpaired) electrons. The Labute approximate surface area is 129 Å². The van der Waals surface area contributed by atoms with Gasteiger partial charge in [-0.05, 0) is 19.4 Å². The smallest absolute Gasteiger partial charge is 0.315 e. The van der Waals surface area contributed by atoms with Crippen LogP contribution in [0.3, 0.4) is 0 Å². The zero-order chi connectivity index (χ0) is 15.8. The first kappa shape index (κ1) is 15.9. The minimum Gasteiger partial charge on any atom is -0.494 e. The highest BCUT2D eigenvalue weighted by atomic mass is 16.5. The molecule has 0 unspecified atom stereocenters. The van der Waals surface area contributed by atoms with Gasteiger partial charge in [0.05, 0.1) is 18.8 Å². The first-order valence-corrected chi connectivity index (χ1v) is 7.39. The van der Waals surface area contributed by atoms with Crippen molar-refractivity contribution in [1.29, 1.82) is 0 Å². The molecule has 6 nitrogen and oxygen atoms in total. The Morgan fingerprint density at radius 3 is 2.73 bits per heavy atom. The SMILES string of the molecule is CCOc1ccccc1CNC(=O)NCc1cc(CC)no1. The van der Waals surface area contributed by atoms with E-state index in [1.807, 2.05) is 44.2 Å². The van der Waals surface area contributed by atoms with Gasteiger partial charge in [-0.15, -0.1) is 0 Å². The molecule has 6 heteroatoms. The van der Waals surface area contributed by atoms with E-state index in [1.165, 1.54) is 0 Å². The molecule has 0 atom stereocenters. The molecule has 0 saturated heterocycles. The summed E-state index contributed by atoms with van der Waals surface area (Å²) in [5.74, 6) is 1.43. The second-order valence-electron chi connectivity index (χ2n) is 4.72. The van der Waals surface area contributed by atoms with Crippen molar-refractivity contribution in [3.8, 4) is 5.75 Å². The fraction of sp³-hybridized carbons (Fsp3) is 0.375. The van der Waals surface area contributed by atoms with Gasteiger partial charge in [-0.1, -0.05) is 30.3 Å². The molecule has 0 saturated carbocycles. The maximum atomic E-state index is 11.8. The Kier molecular flexibility index (Phi) is 5.82. The van der Waals surface area contributed by atoms with Gasteiger partial charge < -0.3 is 19.9 Å². The number of para-hydroxylation sites is 1. The Balaban J connectivity index is 1.80. The van der Waals surface area contributed by atoms with Crippen LogP contribution in [0.2, 0.25) is 0 Å². The molecular weight excluding hydrogens is 282 g/mol. The molecule has 1 aromatic heterocycles. The van der Waals surface area contributed by atoms with Crippen molar-refractivity contribution in [3.63, 3.8) is 0 Å². The number of urea groups is 1. The van der Waals surface area contributed by atoms with Crippen molar-refractivity contribution in [1.82, 2.24) is 15.8 Å². The quantitative estimate of drug-likeness (QED) is 0.824. The molecule has 0 fully saturated rings. The number of hydrogen-bond acceptors (Lipinski definition) is 4. The van der Waals surface area contributed by atoms with Gasteiger partial charge in [0.1, 0.15) is 5.75 Å². The number of ether oxygens (including phenoxy) is 1. The molecule has 1 aromatic carbocycles. The fourth-order valence-corrected chi connectivity index (χ4v) is 1.96. The molecule has 0 bridgehead atoms. The van der Waals surface area contributed by atoms with Crippen molar-refractivity contribution in [2.45, 2.75) is 33.4 Å². The van der Waals surface area contributed by atoms with E-state index in [1.54, 1.807) is 0 Å². The third kappa shape index (κ3) is 4.51. The zero-order valence-corrected chi connectivity index (χ0v) is 12.9. The monoisotopic (exact) mass is 303 g/mol. The molecule has 118 valence electrons. The summed E-state index contributed by atoms with van der Waals surface area (Å²) < 4.78 is 10.6. The van der Waals surface area contributed by atoms with Crippen molar-refractivity contribution >= 4 is 6.03 Å². The summed E-state index contributed by atoms with van der Waals surface area (Å²) in [5.41, 5.74) is 1.82. The minimum atomic E-state index is -0.263. The lowest BCUT2D eigenvalue weighted by Gasteiger charge is -2.11. The van der Waals surface area contributed by atoms with Crippen LogP contribution in [-0.4, -0.2) is 17.8 Å². The molecule has 2 N–H and O–H groups in total. The van der Waals surface area contributed by atoms with E-state index >= 15 is 0 Å². The second-order valence-corrected chi connectivity index (χ2v) is 4.72. The van der Waals surface area contributed by atoms with Crippen LogP contribution >= 0.6 is 0 Å². The van der Waals surface area contributed by atoms with Crippen LogP contribution in [0.5, 0.6) is 5.75 Å². The van der Waals surface area contributed by atoms with Gasteiger partial charge in [0.2, 0.25) is 0 Å². The molecule has 0 aliphatic heterocycles. The molecule has 0 aliphatic carbocycles. The molecule has 2 rings (SSSR count). The maximum Gasteiger partial charge on any atom is 0.315 e. The number of aromatic nitrogens is 1. The van der Waals surface area contributed by atoms with Gasteiger partial charge in [0.25, 0.3) is 0 Å². The van der Waals surface area contributed by atoms with E-state index in [-0.39, 0.29) is 6.03 Å². The second kappa shape index (κ2) is 8.07. The lowest BCUT2D eigenvalue weighted by atomic mass is 10.2. The first-order chi connectivity index (χ1) is 10.7. The molecule has 22 heavy (non-hydrogen) atoms. The van der Waals surface area contributed by atoms with E-state index in [2.05, 4.69) is 15.8 Å². The third-order valence-electron chi connectivity index (χ3n) is 3.11. The normalized spacial score (nSPS) is 10.3. The van der Waals surface area contributed by atoms with E-state index in [4.69, 9.17) is 9.26 Å². The average Bonchev–Trinajstić information content (AvgIpc) is 3.00. The third-order valence-corrected chi connectivity index (χ3v) is 3.11. The van der Waals surface area contributed by atoms with Crippen molar-refractivity contribution < 1.29 is 14.1 Å². The van der Waals surface area contributed by atoms with Crippen molar-refractivity contribution in [3.05, 3.63) is 47.3 Å². The largest absolute Gasteiger partial charge is 0.494 e. The first-order valence-electron chi connectivity index (χ1n) is 7.39. The molecule has 0 spiro atoms. The Morgan fingerprint density at radius 1 is 1.23 bits per heavy atom. The highest BCUT2D eigenvalue weighted by molar-refractivity contribution is 5.73. The molecule has 1 heterocycles. The number of hydrogen-bond donors (Lipinski definition) is 2. The zero-order valence-electron chi connectivity index (χ0n) is 12.9. The predicted octanol–water partition coefficient (Wildman–Crippen LogP) is 2.64. The highest BCUT2D eigenvalue weighted by Crippen LogP contribution is 2.17. The van der Waals surface area contributed by atoms with Gasteiger partial charge in [-0.2, -0.15) is 0 Å². The van der Waals surface area contributed by atoms with Gasteiger partial charge >= 0.3 is 6.03 Å². The van der Waals surface area contributed by atoms with Gasteiger partial charge in [0, 0.05) is 18.2 Å². The number of carbonyl (C=O) groups excluding carboxylic acids is 1. The van der Waals surface area contributed by atoms with E-state index < -0.39 is 0 Å². The maximum absolute atomic E-state index is 11.8. The molecule has 2 aromatic rings. The molecule has 2 amide bonds. The van der Waals surface area contributed by atoms with Crippen LogP contribution in [0.15, 0.2) is 34.9 Å². The Hall–Kier alpha value is -2.50. The summed E-state index contributed by atoms with van der Waals surface area (Å²) in [4.78, 5) is 11.8. The number of rotatable bonds is 7. The number of benzene rings is 1. The lowest BCUT2D eigenvalue weighted by Crippen LogP contribution is -2.34. The minimum absolute atomic E-state index is 0.263. The highest BCUT2D eigenvalue weighted by Gasteiger charge is 2.07. The summed E-state index contributed by atoms with van der Waals surface area (Å²) in [6.07, 6.45) is 0.809. The van der Waals surface area contributed by atoms with Crippen LogP contribution in [0.1, 0.15) is 30.9 Å². The number of aryl methyl sites for hydroxylation is 1. The van der Waals surface area contributed by atoms with E-state index in [9.17, 15) is 4.79 Å². The molecular formula is C16H21N3O3. The topological polar surface area (TPSA) is 76.4 Å². The molecule has 0 aliphatic rings. The van der Waals surface area contributed by atoms with Crippen molar-refractivity contribution in [2.75, 3.05) is 6.61 Å². The lowest BCUT2D eigenvalue weighted by molar-refractivity contribution is 0.238. The summed E-state index contributed by atoms with van der Waals surface area (Å²) >= 11 is 0. The van der Waals surface area contributed by atoms with Crippen LogP contribution in [0.4, 0.5) is 4.79 Å². The number of amides is 2. The number of carbonyl (C=O) groups is 1. The van der Waals surface area contributed by atoms with Crippen molar-refractivity contribution in [2.24, 2.45) is 0 Å². The van der Waals surface area contributed by atoms with E-state index in [0.717, 1.165) is 23.4 Å². The summed E-state index contributed by atoms with van der Waals surface area (Å²) in [7, 11) is 0. The summed E-state index contributed by atoms with van der Waals surface area (Å²) in [6.45, 7) is 5.23. The average molecular weight is 303 g/mol. The standard InChI is InChI=1S/C16H21N3O3/c1-3-13-9-14(22-19-13)11-18-16(20)17-10-12-7-5-6-8-15(12)21-4-2/h5-9H,3-4,10-11H2,1-2H3,(H2,17,18,20).